The average Bonchev–Trinajstić information content (AvgIpc) is 3.61. The van der Waals surface area contributed by atoms with Gasteiger partial charge in [-0.2, -0.15) is 0 Å². The number of hydrogen-bond donors (Lipinski definition) is 3. The van der Waals surface area contributed by atoms with Gasteiger partial charge in [0.15, 0.2) is 5.71 Å². The Labute approximate surface area is 356 Å². The van der Waals surface area contributed by atoms with Crippen molar-refractivity contribution in [2.24, 2.45) is 15.4 Å². The lowest BCUT2D eigenvalue weighted by Crippen LogP contribution is -2.51. The van der Waals surface area contributed by atoms with Crippen LogP contribution in [0.4, 0.5) is 5.82 Å². The van der Waals surface area contributed by atoms with Crippen LogP contribution < -0.4 is 15.0 Å². The van der Waals surface area contributed by atoms with Crippen LogP contribution >= 0.6 is 0 Å². The van der Waals surface area contributed by atoms with E-state index >= 15 is 0 Å². The molecule has 1 aromatic carbocycles. The number of pyridine rings is 1. The first-order chi connectivity index (χ1) is 28.6. The Morgan fingerprint density at radius 3 is 2.32 bits per heavy atom. The van der Waals surface area contributed by atoms with Gasteiger partial charge in [-0.3, -0.25) is 9.59 Å². The average molecular weight is 818 g/mol. The number of aliphatic imine (C=N–C) groups is 2. The van der Waals surface area contributed by atoms with Crippen LogP contribution in [0.25, 0.3) is 0 Å². The van der Waals surface area contributed by atoms with Gasteiger partial charge in [0.1, 0.15) is 30.4 Å². The first-order valence-corrected chi connectivity index (χ1v) is 21.6. The van der Waals surface area contributed by atoms with E-state index in [1.54, 1.807) is 0 Å². The van der Waals surface area contributed by atoms with Crippen molar-refractivity contribution >= 4 is 29.3 Å². The molecule has 5 N–H and O–H groups in total. The van der Waals surface area contributed by atoms with Crippen LogP contribution in [0.2, 0.25) is 0 Å². The zero-order valence-electron chi connectivity index (χ0n) is 36.5. The maximum absolute atomic E-state index is 11.0. The SMILES string of the molecule is CC1(C)C2=CC=CN(CCCCCC(=O)O)C2=N/C1=C/C=C1\C[N+](C)(C)CC(/C=C/C2=Nc3c(ccc[n+]3CCCCCC(=O)O)C2(C)C)=C1Oc1ccc(CC[NH3+])cc1. The minimum absolute atomic E-state index is 0.201. The molecule has 5 heterocycles. The second-order valence-electron chi connectivity index (χ2n) is 18.2. The van der Waals surface area contributed by atoms with Gasteiger partial charge in [-0.05, 0) is 111 Å². The third-order valence-corrected chi connectivity index (χ3v) is 12.0. The van der Waals surface area contributed by atoms with Gasteiger partial charge in [0, 0.05) is 54.1 Å². The summed E-state index contributed by atoms with van der Waals surface area (Å²) >= 11 is 0. The summed E-state index contributed by atoms with van der Waals surface area (Å²) in [6.07, 6.45) is 23.3. The number of benzene rings is 1. The third-order valence-electron chi connectivity index (χ3n) is 12.0. The Kier molecular flexibility index (Phi) is 13.9. The van der Waals surface area contributed by atoms with Crippen LogP contribution in [0.3, 0.4) is 0 Å². The lowest BCUT2D eigenvalue weighted by atomic mass is 9.81. The number of aliphatic carboxylic acids is 2. The Hall–Kier alpha value is -5.39. The number of nitrogens with zero attached hydrogens (tertiary/aromatic N) is 5. The number of rotatable bonds is 19. The normalized spacial score (nSPS) is 20.1. The fourth-order valence-electron chi connectivity index (χ4n) is 8.54. The number of fused-ring (bicyclic) bond motifs is 2. The molecule has 4 aliphatic rings. The lowest BCUT2D eigenvalue weighted by molar-refractivity contribution is -0.882. The molecule has 318 valence electrons. The number of aromatic nitrogens is 1. The lowest BCUT2D eigenvalue weighted by Gasteiger charge is -2.36. The van der Waals surface area contributed by atoms with Crippen LogP contribution in [0, 0.1) is 5.41 Å². The zero-order valence-corrected chi connectivity index (χ0v) is 36.5. The summed E-state index contributed by atoms with van der Waals surface area (Å²) in [7, 11) is 4.51. The predicted molar refractivity (Wildman–Crippen MR) is 237 cm³/mol. The van der Waals surface area contributed by atoms with E-state index in [4.69, 9.17) is 24.9 Å². The van der Waals surface area contributed by atoms with Gasteiger partial charge in [-0.1, -0.05) is 38.5 Å². The standard InChI is InChI=1S/C49H62N6O5/c1-48(2)39-15-13-31-53(29-11-7-9-17-43(56)57)46(39)51-41(48)25-21-36-33-55(5,6)34-37(45(36)60-38-23-19-35(20-24-38)27-28-50)22-26-42-49(3,4)40-16-14-32-54(47(40)52-42)30-12-8-10-18-44(58)59/h13-16,19-26,31-32H,7-12,17-18,27-30,33-34,50H2,1-6H3/p+3. The third kappa shape index (κ3) is 10.5. The summed E-state index contributed by atoms with van der Waals surface area (Å²) in [4.78, 5) is 34.7. The summed E-state index contributed by atoms with van der Waals surface area (Å²) in [5.41, 5.74) is 11.1. The number of unbranched alkanes of at least 4 members (excludes halogenated alkanes) is 4. The number of ether oxygens (including phenoxy) is 1. The second-order valence-corrected chi connectivity index (χ2v) is 18.2. The number of quaternary nitrogens is 2. The van der Waals surface area contributed by atoms with Gasteiger partial charge in [-0.25, -0.2) is 9.56 Å². The number of allylic oxidation sites excluding steroid dienone is 6. The highest BCUT2D eigenvalue weighted by molar-refractivity contribution is 6.08. The number of hydrogen-bond acceptors (Lipinski definition) is 6. The summed E-state index contributed by atoms with van der Waals surface area (Å²) in [6.45, 7) is 12.9. The molecule has 60 heavy (non-hydrogen) atoms. The summed E-state index contributed by atoms with van der Waals surface area (Å²) in [5.74, 6) is 2.06. The summed E-state index contributed by atoms with van der Waals surface area (Å²) in [6, 6.07) is 12.6. The molecule has 0 fully saturated rings. The van der Waals surface area contributed by atoms with Gasteiger partial charge in [0.25, 0.3) is 0 Å². The number of aryl methyl sites for hydroxylation is 1. The van der Waals surface area contributed by atoms with E-state index in [1.807, 2.05) is 0 Å². The van der Waals surface area contributed by atoms with Crippen LogP contribution in [0.1, 0.15) is 90.2 Å². The van der Waals surface area contributed by atoms with E-state index in [2.05, 4.69) is 142 Å². The smallest absolute Gasteiger partial charge is 0.327 e. The Bertz CT molecular complexity index is 2200. The molecule has 0 amide bonds. The maximum atomic E-state index is 11.0. The van der Waals surface area contributed by atoms with Crippen molar-refractivity contribution in [1.82, 2.24) is 4.90 Å². The fourth-order valence-corrected chi connectivity index (χ4v) is 8.54. The Balaban J connectivity index is 1.34. The highest BCUT2D eigenvalue weighted by Gasteiger charge is 2.43. The highest BCUT2D eigenvalue weighted by atomic mass is 16.5. The molecule has 0 bridgehead atoms. The quantitative estimate of drug-likeness (QED) is 0.0767. The van der Waals surface area contributed by atoms with Crippen LogP contribution in [-0.2, 0) is 28.0 Å². The van der Waals surface area contributed by atoms with E-state index in [1.165, 1.54) is 16.7 Å². The maximum Gasteiger partial charge on any atom is 0.327 e. The van der Waals surface area contributed by atoms with Gasteiger partial charge in [0.05, 0.1) is 50.1 Å². The molecule has 0 atom stereocenters. The minimum Gasteiger partial charge on any atom is -0.481 e. The molecule has 0 spiro atoms. The topological polar surface area (TPSA) is 143 Å². The van der Waals surface area contributed by atoms with Crippen LogP contribution in [0.15, 0.2) is 123 Å². The summed E-state index contributed by atoms with van der Waals surface area (Å²) < 4.78 is 9.86. The second kappa shape index (κ2) is 18.9. The van der Waals surface area contributed by atoms with Crippen molar-refractivity contribution in [3.63, 3.8) is 0 Å². The van der Waals surface area contributed by atoms with Crippen molar-refractivity contribution in [1.29, 1.82) is 0 Å². The Morgan fingerprint density at radius 2 is 1.62 bits per heavy atom. The number of amidine groups is 1. The molecule has 0 radical (unpaired) electrons. The predicted octanol–water partition coefficient (Wildman–Crippen LogP) is 7.40. The van der Waals surface area contributed by atoms with E-state index < -0.39 is 11.9 Å². The molecule has 4 aliphatic heterocycles. The van der Waals surface area contributed by atoms with Gasteiger partial charge in [0.2, 0.25) is 0 Å². The zero-order chi connectivity index (χ0) is 43.1. The van der Waals surface area contributed by atoms with E-state index in [9.17, 15) is 9.59 Å². The van der Waals surface area contributed by atoms with Crippen molar-refractivity contribution in [2.75, 3.05) is 40.3 Å². The first kappa shape index (κ1) is 44.2. The number of carbonyl (C=O) groups is 2. The molecule has 6 rings (SSSR count). The molecule has 0 saturated carbocycles. The van der Waals surface area contributed by atoms with E-state index in [0.717, 1.165) is 115 Å². The van der Waals surface area contributed by atoms with Gasteiger partial charge in [-0.15, -0.1) is 0 Å². The van der Waals surface area contributed by atoms with E-state index in [0.29, 0.717) is 12.8 Å². The summed E-state index contributed by atoms with van der Waals surface area (Å²) in [5, 5.41) is 18.1. The van der Waals surface area contributed by atoms with Crippen molar-refractivity contribution < 1.29 is 39.3 Å². The fraction of sp³-hybridized carbons (Fsp3) is 0.449. The van der Waals surface area contributed by atoms with Crippen molar-refractivity contribution in [2.45, 2.75) is 97.4 Å². The number of carboxylic acids is 2. The number of carboxylic acid groups (broad SMARTS) is 2. The molecule has 11 heteroatoms. The van der Waals surface area contributed by atoms with Crippen LogP contribution in [-0.4, -0.2) is 83.4 Å². The molecule has 11 nitrogen and oxygen atoms in total. The number of likely N-dealkylation sites (N-methyl/N-ethyl adjacent to an activating group) is 1. The Morgan fingerprint density at radius 1 is 0.900 bits per heavy atom. The van der Waals surface area contributed by atoms with Gasteiger partial charge < -0.3 is 30.1 Å². The highest BCUT2D eigenvalue weighted by Crippen LogP contribution is 2.45. The van der Waals surface area contributed by atoms with Crippen molar-refractivity contribution in [3.8, 4) is 5.75 Å². The largest absolute Gasteiger partial charge is 0.481 e. The minimum atomic E-state index is -0.746. The monoisotopic (exact) mass is 817 g/mol. The van der Waals surface area contributed by atoms with Gasteiger partial charge >= 0.3 is 17.8 Å². The molecule has 0 unspecified atom stereocenters. The molecular weight excluding hydrogens is 753 g/mol. The molecule has 0 saturated heterocycles. The van der Waals surface area contributed by atoms with E-state index in [-0.39, 0.29) is 23.7 Å². The molecule has 1 aromatic heterocycles. The van der Waals surface area contributed by atoms with Crippen molar-refractivity contribution in [3.05, 3.63) is 125 Å². The molecular formula is C49H65N6O5+3. The molecule has 2 aromatic rings. The first-order valence-electron chi connectivity index (χ1n) is 21.6. The van der Waals surface area contributed by atoms with Crippen LogP contribution in [0.5, 0.6) is 5.75 Å². The molecule has 0 aliphatic carbocycles.